The summed E-state index contributed by atoms with van der Waals surface area (Å²) in [5.74, 6) is -3.21. The van der Waals surface area contributed by atoms with Gasteiger partial charge in [-0.15, -0.1) is 0 Å². The summed E-state index contributed by atoms with van der Waals surface area (Å²) >= 11 is 0. The van der Waals surface area contributed by atoms with E-state index in [1.165, 1.54) is 0 Å². The molecule has 1 amide bonds. The first-order valence-electron chi connectivity index (χ1n) is 9.72. The fourth-order valence-electron chi connectivity index (χ4n) is 4.65. The first kappa shape index (κ1) is 19.5. The largest absolute Gasteiger partial charge is 0.312 e. The highest BCUT2D eigenvalue weighted by Crippen LogP contribution is 2.46. The van der Waals surface area contributed by atoms with Crippen molar-refractivity contribution in [2.24, 2.45) is 5.41 Å². The molecule has 7 heteroatoms. The van der Waals surface area contributed by atoms with Crippen LogP contribution in [0, 0.1) is 16.7 Å². The quantitative estimate of drug-likeness (QED) is 0.795. The van der Waals surface area contributed by atoms with E-state index >= 15 is 0 Å². The number of likely N-dealkylation sites (tertiary alicyclic amines) is 1. The number of aromatic nitrogens is 1. The van der Waals surface area contributed by atoms with Crippen LogP contribution in [0.15, 0.2) is 48.8 Å². The highest BCUT2D eigenvalue weighted by Gasteiger charge is 2.55. The molecule has 0 unspecified atom stereocenters. The Bertz CT molecular complexity index is 943. The number of benzene rings is 1. The Hall–Kier alpha value is -2.85. The third-order valence-corrected chi connectivity index (χ3v) is 5.73. The maximum absolute atomic E-state index is 14.7. The molecular formula is C22H22F2N4O. The number of hydrogen-bond donors (Lipinski definition) is 0. The van der Waals surface area contributed by atoms with Gasteiger partial charge in [0, 0.05) is 44.1 Å². The lowest BCUT2D eigenvalue weighted by Crippen LogP contribution is -2.61. The first-order chi connectivity index (χ1) is 13.9. The molecule has 2 aromatic rings. The summed E-state index contributed by atoms with van der Waals surface area (Å²) in [7, 11) is 0. The number of pyridine rings is 1. The van der Waals surface area contributed by atoms with E-state index < -0.39 is 17.8 Å². The Morgan fingerprint density at radius 1 is 1.21 bits per heavy atom. The van der Waals surface area contributed by atoms with Crippen LogP contribution in [0.3, 0.4) is 0 Å². The minimum absolute atomic E-state index is 0.269. The van der Waals surface area contributed by atoms with Crippen LogP contribution in [0.2, 0.25) is 0 Å². The van der Waals surface area contributed by atoms with E-state index in [9.17, 15) is 13.6 Å². The maximum Gasteiger partial charge on any atom is 0.261 e. The van der Waals surface area contributed by atoms with Crippen molar-refractivity contribution in [1.29, 1.82) is 5.26 Å². The molecule has 0 radical (unpaired) electrons. The third kappa shape index (κ3) is 3.99. The number of anilines is 1. The number of halogens is 2. The Morgan fingerprint density at radius 3 is 2.83 bits per heavy atom. The van der Waals surface area contributed by atoms with Crippen LogP contribution in [0.1, 0.15) is 30.4 Å². The Morgan fingerprint density at radius 2 is 2.07 bits per heavy atom. The predicted molar refractivity (Wildman–Crippen MR) is 104 cm³/mol. The summed E-state index contributed by atoms with van der Waals surface area (Å²) in [5.41, 5.74) is 0.773. The van der Waals surface area contributed by atoms with Gasteiger partial charge in [0.25, 0.3) is 5.92 Å². The molecule has 0 aliphatic carbocycles. The van der Waals surface area contributed by atoms with Gasteiger partial charge in [-0.2, -0.15) is 5.26 Å². The number of alkyl halides is 2. The second-order valence-electron chi connectivity index (χ2n) is 8.04. The Balaban J connectivity index is 1.62. The van der Waals surface area contributed by atoms with Crippen LogP contribution in [-0.2, 0) is 11.3 Å². The van der Waals surface area contributed by atoms with E-state index in [1.54, 1.807) is 52.5 Å². The summed E-state index contributed by atoms with van der Waals surface area (Å²) in [4.78, 5) is 20.8. The monoisotopic (exact) mass is 396 g/mol. The maximum atomic E-state index is 14.7. The van der Waals surface area contributed by atoms with Crippen LogP contribution in [0.25, 0.3) is 0 Å². The zero-order chi connectivity index (χ0) is 20.5. The van der Waals surface area contributed by atoms with Gasteiger partial charge in [0.1, 0.15) is 0 Å². The van der Waals surface area contributed by atoms with Gasteiger partial charge in [0.2, 0.25) is 5.91 Å². The van der Waals surface area contributed by atoms with Crippen molar-refractivity contribution < 1.29 is 13.6 Å². The van der Waals surface area contributed by atoms with Crippen molar-refractivity contribution >= 4 is 11.6 Å². The molecule has 1 aromatic carbocycles. The summed E-state index contributed by atoms with van der Waals surface area (Å²) in [6, 6.07) is 12.5. The first-order valence-corrected chi connectivity index (χ1v) is 9.72. The third-order valence-electron chi connectivity index (χ3n) is 5.73. The van der Waals surface area contributed by atoms with Crippen molar-refractivity contribution in [1.82, 2.24) is 9.88 Å². The standard InChI is InChI=1S/C22H22F2N4O/c23-22(24)14-21(15-27(16-22)13-18-5-2-8-26-12-18)7-3-9-28(20(21)29)19-6-1-4-17(10-19)11-25/h1-2,4-6,8,10,12H,3,7,9,13-16H2/t21-/m1/s1. The number of nitriles is 1. The molecule has 1 atom stereocenters. The van der Waals surface area contributed by atoms with Gasteiger partial charge < -0.3 is 4.90 Å². The van der Waals surface area contributed by atoms with Crippen LogP contribution in [-0.4, -0.2) is 41.3 Å². The molecule has 29 heavy (non-hydrogen) atoms. The van der Waals surface area contributed by atoms with E-state index in [2.05, 4.69) is 11.1 Å². The minimum Gasteiger partial charge on any atom is -0.312 e. The lowest BCUT2D eigenvalue weighted by molar-refractivity contribution is -0.155. The molecule has 3 heterocycles. The number of carbonyl (C=O) groups is 1. The number of nitrogens with zero attached hydrogens (tertiary/aromatic N) is 4. The average Bonchev–Trinajstić information content (AvgIpc) is 2.70. The molecule has 2 saturated heterocycles. The SMILES string of the molecule is N#Cc1cccc(N2CCC[C@@]3(CN(Cc4cccnc4)CC(F)(F)C3)C2=O)c1. The smallest absolute Gasteiger partial charge is 0.261 e. The van der Waals surface area contributed by atoms with Crippen molar-refractivity contribution in [3.8, 4) is 6.07 Å². The van der Waals surface area contributed by atoms with Gasteiger partial charge in [-0.1, -0.05) is 12.1 Å². The lowest BCUT2D eigenvalue weighted by Gasteiger charge is -2.49. The van der Waals surface area contributed by atoms with Gasteiger partial charge in [-0.05, 0) is 42.7 Å². The van der Waals surface area contributed by atoms with Crippen molar-refractivity contribution in [3.63, 3.8) is 0 Å². The Kier molecular flexibility index (Phi) is 5.05. The van der Waals surface area contributed by atoms with E-state index in [0.717, 1.165) is 5.56 Å². The second kappa shape index (κ2) is 7.53. The summed E-state index contributed by atoms with van der Waals surface area (Å²) in [6.07, 6.45) is 3.98. The zero-order valence-electron chi connectivity index (χ0n) is 16.0. The van der Waals surface area contributed by atoms with E-state index in [1.807, 2.05) is 6.07 Å². The highest BCUT2D eigenvalue weighted by molar-refractivity contribution is 5.98. The molecule has 1 spiro atoms. The van der Waals surface area contributed by atoms with E-state index in [4.69, 9.17) is 5.26 Å². The zero-order valence-corrected chi connectivity index (χ0v) is 16.0. The lowest BCUT2D eigenvalue weighted by atomic mass is 9.71. The van der Waals surface area contributed by atoms with Gasteiger partial charge in [0.05, 0.1) is 23.6 Å². The van der Waals surface area contributed by atoms with Crippen LogP contribution in [0.4, 0.5) is 14.5 Å². The van der Waals surface area contributed by atoms with Crippen molar-refractivity contribution in [3.05, 3.63) is 59.9 Å². The predicted octanol–water partition coefficient (Wildman–Crippen LogP) is 3.61. The fourth-order valence-corrected chi connectivity index (χ4v) is 4.65. The average molecular weight is 396 g/mol. The molecule has 2 aliphatic heterocycles. The fraction of sp³-hybridized carbons (Fsp3) is 0.409. The van der Waals surface area contributed by atoms with Crippen LogP contribution >= 0.6 is 0 Å². The number of amides is 1. The number of hydrogen-bond acceptors (Lipinski definition) is 4. The van der Waals surface area contributed by atoms with E-state index in [0.29, 0.717) is 43.7 Å². The molecule has 2 aliphatic rings. The van der Waals surface area contributed by atoms with Gasteiger partial charge in [-0.25, -0.2) is 8.78 Å². The summed E-state index contributed by atoms with van der Waals surface area (Å²) in [6.45, 7) is 0.748. The molecule has 0 bridgehead atoms. The molecule has 0 saturated carbocycles. The number of rotatable bonds is 3. The summed E-state index contributed by atoms with van der Waals surface area (Å²) < 4.78 is 29.5. The topological polar surface area (TPSA) is 60.2 Å². The van der Waals surface area contributed by atoms with Crippen molar-refractivity contribution in [2.75, 3.05) is 24.5 Å². The molecule has 4 rings (SSSR count). The molecule has 2 fully saturated rings. The minimum atomic E-state index is -2.94. The molecule has 1 aromatic heterocycles. The van der Waals surface area contributed by atoms with Crippen LogP contribution in [0.5, 0.6) is 0 Å². The molecule has 0 N–H and O–H groups in total. The highest BCUT2D eigenvalue weighted by atomic mass is 19.3. The number of piperidine rings is 2. The molecular weight excluding hydrogens is 374 g/mol. The van der Waals surface area contributed by atoms with Crippen molar-refractivity contribution in [2.45, 2.75) is 31.7 Å². The Labute approximate surface area is 168 Å². The van der Waals surface area contributed by atoms with E-state index in [-0.39, 0.29) is 12.5 Å². The summed E-state index contributed by atoms with van der Waals surface area (Å²) in [5, 5.41) is 9.15. The number of carbonyl (C=O) groups excluding carboxylic acids is 1. The normalized spacial score (nSPS) is 24.4. The van der Waals surface area contributed by atoms with Gasteiger partial charge >= 0.3 is 0 Å². The molecule has 150 valence electrons. The van der Waals surface area contributed by atoms with Gasteiger partial charge in [0.15, 0.2) is 0 Å². The van der Waals surface area contributed by atoms with Crippen LogP contribution < -0.4 is 4.90 Å². The van der Waals surface area contributed by atoms with Gasteiger partial charge in [-0.3, -0.25) is 14.7 Å². The second-order valence-corrected chi connectivity index (χ2v) is 8.04. The molecule has 5 nitrogen and oxygen atoms in total.